The van der Waals surface area contributed by atoms with Crippen molar-refractivity contribution in [2.24, 2.45) is 10.3 Å². The van der Waals surface area contributed by atoms with Gasteiger partial charge in [0.25, 0.3) is 0 Å². The van der Waals surface area contributed by atoms with Crippen molar-refractivity contribution in [3.05, 3.63) is 29.3 Å². The van der Waals surface area contributed by atoms with E-state index in [-0.39, 0.29) is 0 Å². The molecule has 13 heavy (non-hydrogen) atoms. The smallest absolute Gasteiger partial charge is 0.0801 e. The molecule has 0 aromatic heterocycles. The fraction of sp³-hybridized carbons (Fsp3) is 0.455. The van der Waals surface area contributed by atoms with Gasteiger partial charge in [-0.05, 0) is 30.9 Å². The van der Waals surface area contributed by atoms with E-state index < -0.39 is 0 Å². The first-order chi connectivity index (χ1) is 6.13. The van der Waals surface area contributed by atoms with Gasteiger partial charge in [0.05, 0.1) is 5.69 Å². The first kappa shape index (κ1) is 10.3. The molecule has 0 N–H and O–H groups in total. The molecule has 0 saturated heterocycles. The molecular formula is C11H15NS. The lowest BCUT2D eigenvalue weighted by atomic mass is 10.00. The zero-order valence-corrected chi connectivity index (χ0v) is 9.19. The van der Waals surface area contributed by atoms with Crippen LogP contribution in [0.15, 0.2) is 22.6 Å². The Kier molecular flexibility index (Phi) is 3.55. The molecule has 0 aliphatic heterocycles. The van der Waals surface area contributed by atoms with E-state index in [4.69, 9.17) is 12.4 Å². The van der Waals surface area contributed by atoms with Crippen LogP contribution in [0.25, 0.3) is 0 Å². The van der Waals surface area contributed by atoms with Crippen molar-refractivity contribution in [1.82, 2.24) is 0 Å². The van der Waals surface area contributed by atoms with Crippen LogP contribution in [0, 0.1) is 12.8 Å². The van der Waals surface area contributed by atoms with Gasteiger partial charge >= 0.3 is 0 Å². The molecule has 2 heteroatoms. The van der Waals surface area contributed by atoms with E-state index in [9.17, 15) is 0 Å². The predicted molar refractivity (Wildman–Crippen MR) is 59.2 cm³/mol. The number of hydrogen-bond donors (Lipinski definition) is 0. The summed E-state index contributed by atoms with van der Waals surface area (Å²) in [7, 11) is 0. The van der Waals surface area contributed by atoms with Crippen molar-refractivity contribution in [1.29, 1.82) is 0 Å². The number of benzene rings is 1. The Morgan fingerprint density at radius 3 is 2.62 bits per heavy atom. The number of hydrogen-bond acceptors (Lipinski definition) is 2. The molecule has 0 spiro atoms. The summed E-state index contributed by atoms with van der Waals surface area (Å²) in [5.74, 6) is 0.650. The average molecular weight is 193 g/mol. The van der Waals surface area contributed by atoms with E-state index in [0.717, 1.165) is 12.1 Å². The molecule has 0 atom stereocenters. The molecule has 70 valence electrons. The van der Waals surface area contributed by atoms with E-state index in [1.165, 1.54) is 11.1 Å². The molecule has 1 rings (SSSR count). The molecule has 0 unspecified atom stereocenters. The molecule has 0 fully saturated rings. The van der Waals surface area contributed by atoms with Crippen LogP contribution in [0.4, 0.5) is 5.69 Å². The van der Waals surface area contributed by atoms with Gasteiger partial charge in [-0.3, -0.25) is 0 Å². The van der Waals surface area contributed by atoms with Crippen molar-refractivity contribution in [2.45, 2.75) is 27.2 Å². The Bertz CT molecular complexity index is 305. The van der Waals surface area contributed by atoms with Gasteiger partial charge in [0.15, 0.2) is 0 Å². The Labute approximate surface area is 85.3 Å². The molecule has 1 aromatic rings. The molecule has 0 aliphatic rings. The van der Waals surface area contributed by atoms with E-state index in [1.54, 1.807) is 0 Å². The summed E-state index contributed by atoms with van der Waals surface area (Å²) in [4.78, 5) is 0. The maximum atomic E-state index is 4.73. The SMILES string of the molecule is Cc1ccc(N=S)c(CC(C)C)c1. The second kappa shape index (κ2) is 4.47. The number of rotatable bonds is 3. The highest BCUT2D eigenvalue weighted by molar-refractivity contribution is 7.47. The minimum atomic E-state index is 0.650. The first-order valence-corrected chi connectivity index (χ1v) is 4.93. The number of nitrogens with zero attached hydrogens (tertiary/aromatic N) is 1. The third kappa shape index (κ3) is 2.88. The predicted octanol–water partition coefficient (Wildman–Crippen LogP) is 3.56. The van der Waals surface area contributed by atoms with Crippen LogP contribution >= 0.6 is 0 Å². The first-order valence-electron chi connectivity index (χ1n) is 4.56. The summed E-state index contributed by atoms with van der Waals surface area (Å²) in [6.07, 6.45) is 1.05. The highest BCUT2D eigenvalue weighted by Gasteiger charge is 2.03. The number of aryl methyl sites for hydroxylation is 1. The normalized spacial score (nSPS) is 10.5. The molecule has 0 bridgehead atoms. The molecular weight excluding hydrogens is 178 g/mol. The maximum Gasteiger partial charge on any atom is 0.0801 e. The second-order valence-electron chi connectivity index (χ2n) is 3.82. The fourth-order valence-electron chi connectivity index (χ4n) is 1.41. The second-order valence-corrected chi connectivity index (χ2v) is 4.00. The van der Waals surface area contributed by atoms with Crippen molar-refractivity contribution in [3.63, 3.8) is 0 Å². The molecule has 0 amide bonds. The minimum absolute atomic E-state index is 0.650. The Balaban J connectivity index is 3.01. The Hall–Kier alpha value is -0.760. The summed E-state index contributed by atoms with van der Waals surface area (Å²) in [5.41, 5.74) is 3.50. The van der Waals surface area contributed by atoms with Gasteiger partial charge in [0.2, 0.25) is 0 Å². The maximum absolute atomic E-state index is 4.73. The molecule has 0 heterocycles. The van der Waals surface area contributed by atoms with Gasteiger partial charge in [0.1, 0.15) is 0 Å². The van der Waals surface area contributed by atoms with Crippen LogP contribution < -0.4 is 0 Å². The molecule has 0 aliphatic carbocycles. The zero-order chi connectivity index (χ0) is 9.84. The van der Waals surface area contributed by atoms with E-state index in [2.05, 4.69) is 37.3 Å². The van der Waals surface area contributed by atoms with Crippen LogP contribution in [-0.2, 0) is 18.8 Å². The van der Waals surface area contributed by atoms with Crippen LogP contribution in [0.2, 0.25) is 0 Å². The van der Waals surface area contributed by atoms with Crippen LogP contribution in [0.1, 0.15) is 25.0 Å². The standard InChI is InChI=1S/C11H15NS/c1-8(2)6-10-7-9(3)4-5-11(10)12-13/h4-5,7-8H,6H2,1-3H3. The minimum Gasteiger partial charge on any atom is -0.181 e. The molecule has 0 saturated carbocycles. The summed E-state index contributed by atoms with van der Waals surface area (Å²) < 4.78 is 3.85. The van der Waals surface area contributed by atoms with Crippen LogP contribution in [0.5, 0.6) is 0 Å². The lowest BCUT2D eigenvalue weighted by molar-refractivity contribution is 0.647. The van der Waals surface area contributed by atoms with Gasteiger partial charge in [0, 0.05) is 12.4 Å². The van der Waals surface area contributed by atoms with Crippen LogP contribution in [-0.4, -0.2) is 0 Å². The van der Waals surface area contributed by atoms with Crippen molar-refractivity contribution in [2.75, 3.05) is 0 Å². The lowest BCUT2D eigenvalue weighted by Gasteiger charge is -2.08. The van der Waals surface area contributed by atoms with Crippen molar-refractivity contribution < 1.29 is 0 Å². The van der Waals surface area contributed by atoms with Gasteiger partial charge < -0.3 is 0 Å². The zero-order valence-electron chi connectivity index (χ0n) is 8.37. The third-order valence-corrected chi connectivity index (χ3v) is 2.16. The molecule has 1 aromatic carbocycles. The van der Waals surface area contributed by atoms with Gasteiger partial charge in [-0.1, -0.05) is 31.5 Å². The summed E-state index contributed by atoms with van der Waals surface area (Å²) in [6, 6.07) is 6.22. The molecule has 0 radical (unpaired) electrons. The highest BCUT2D eigenvalue weighted by Crippen LogP contribution is 2.22. The summed E-state index contributed by atoms with van der Waals surface area (Å²) in [5, 5.41) is 0. The summed E-state index contributed by atoms with van der Waals surface area (Å²) >= 11 is 4.73. The van der Waals surface area contributed by atoms with Gasteiger partial charge in [-0.15, -0.1) is 0 Å². The third-order valence-electron chi connectivity index (χ3n) is 1.96. The van der Waals surface area contributed by atoms with Gasteiger partial charge in [-0.2, -0.15) is 4.36 Å². The van der Waals surface area contributed by atoms with Crippen molar-refractivity contribution >= 4 is 18.1 Å². The lowest BCUT2D eigenvalue weighted by Crippen LogP contribution is -1.94. The highest BCUT2D eigenvalue weighted by atomic mass is 32.1. The Morgan fingerprint density at radius 2 is 2.08 bits per heavy atom. The largest absolute Gasteiger partial charge is 0.181 e. The monoisotopic (exact) mass is 193 g/mol. The van der Waals surface area contributed by atoms with E-state index in [0.29, 0.717) is 5.92 Å². The van der Waals surface area contributed by atoms with E-state index >= 15 is 0 Å². The van der Waals surface area contributed by atoms with Crippen LogP contribution in [0.3, 0.4) is 0 Å². The summed E-state index contributed by atoms with van der Waals surface area (Å²) in [6.45, 7) is 6.50. The van der Waals surface area contributed by atoms with Gasteiger partial charge in [-0.25, -0.2) is 0 Å². The van der Waals surface area contributed by atoms with E-state index in [1.807, 2.05) is 6.07 Å². The quantitative estimate of drug-likeness (QED) is 0.715. The molecule has 1 nitrogen and oxygen atoms in total. The Morgan fingerprint density at radius 1 is 1.38 bits per heavy atom. The average Bonchev–Trinajstić information content (AvgIpc) is 2.03. The fourth-order valence-corrected chi connectivity index (χ4v) is 1.58. The topological polar surface area (TPSA) is 12.4 Å². The van der Waals surface area contributed by atoms with Crippen molar-refractivity contribution in [3.8, 4) is 0 Å².